The fraction of sp³-hybridized carbons (Fsp3) is 0.467. The number of rotatable bonds is 7. The summed E-state index contributed by atoms with van der Waals surface area (Å²) < 4.78 is 23.9. The van der Waals surface area contributed by atoms with E-state index < -0.39 is 0 Å². The molecule has 1 rings (SSSR count). The van der Waals surface area contributed by atoms with Crippen LogP contribution in [0.1, 0.15) is 25.3 Å². The van der Waals surface area contributed by atoms with E-state index in [4.69, 9.17) is 21.1 Å². The van der Waals surface area contributed by atoms with Crippen LogP contribution in [-0.2, 0) is 4.74 Å². The van der Waals surface area contributed by atoms with Gasteiger partial charge in [-0.3, -0.25) is 0 Å². The summed E-state index contributed by atoms with van der Waals surface area (Å²) in [6, 6.07) is 4.34. The molecule has 0 unspecified atom stereocenters. The Labute approximate surface area is 118 Å². The van der Waals surface area contributed by atoms with E-state index >= 15 is 0 Å². The lowest BCUT2D eigenvalue weighted by Crippen LogP contribution is -2.04. The standard InChI is InChI=1S/C15H18ClFO2/c1-2-18-10-5-11-19-15-12-14(17)8-7-13(15)6-3-4-9-16/h7-8,12H,2,4-5,9-11H2,1H3. The molecule has 0 amide bonds. The molecule has 0 bridgehead atoms. The van der Waals surface area contributed by atoms with Gasteiger partial charge in [0.25, 0.3) is 0 Å². The fourth-order valence-corrected chi connectivity index (χ4v) is 1.51. The Morgan fingerprint density at radius 3 is 2.89 bits per heavy atom. The van der Waals surface area contributed by atoms with E-state index in [0.717, 1.165) is 6.42 Å². The molecule has 19 heavy (non-hydrogen) atoms. The van der Waals surface area contributed by atoms with Crippen LogP contribution < -0.4 is 4.74 Å². The zero-order valence-electron chi connectivity index (χ0n) is 11.0. The SMILES string of the molecule is CCOCCCOc1cc(F)ccc1C#CCCCl. The Morgan fingerprint density at radius 1 is 1.32 bits per heavy atom. The van der Waals surface area contributed by atoms with Gasteiger partial charge in [-0.1, -0.05) is 11.8 Å². The molecule has 0 aliphatic rings. The second-order valence-corrected chi connectivity index (χ2v) is 4.16. The average Bonchev–Trinajstić information content (AvgIpc) is 2.41. The lowest BCUT2D eigenvalue weighted by molar-refractivity contribution is 0.130. The van der Waals surface area contributed by atoms with Crippen molar-refractivity contribution in [3.63, 3.8) is 0 Å². The van der Waals surface area contributed by atoms with Gasteiger partial charge in [0.1, 0.15) is 11.6 Å². The lowest BCUT2D eigenvalue weighted by Gasteiger charge is -2.08. The van der Waals surface area contributed by atoms with E-state index in [2.05, 4.69) is 11.8 Å². The van der Waals surface area contributed by atoms with Crippen molar-refractivity contribution in [3.05, 3.63) is 29.6 Å². The topological polar surface area (TPSA) is 18.5 Å². The summed E-state index contributed by atoms with van der Waals surface area (Å²) in [5.74, 6) is 6.47. The number of ether oxygens (including phenoxy) is 2. The Morgan fingerprint density at radius 2 is 2.16 bits per heavy atom. The molecule has 0 saturated heterocycles. The van der Waals surface area contributed by atoms with Crippen molar-refractivity contribution in [2.45, 2.75) is 19.8 Å². The predicted molar refractivity (Wildman–Crippen MR) is 75.2 cm³/mol. The van der Waals surface area contributed by atoms with Crippen molar-refractivity contribution >= 4 is 11.6 Å². The fourth-order valence-electron chi connectivity index (χ4n) is 1.41. The van der Waals surface area contributed by atoms with Gasteiger partial charge in [0, 0.05) is 38.0 Å². The first kappa shape index (κ1) is 15.8. The molecule has 0 atom stereocenters. The van der Waals surface area contributed by atoms with Crippen LogP contribution in [0.2, 0.25) is 0 Å². The molecule has 0 fully saturated rings. The highest BCUT2D eigenvalue weighted by Crippen LogP contribution is 2.19. The highest BCUT2D eigenvalue weighted by atomic mass is 35.5. The maximum absolute atomic E-state index is 13.2. The minimum absolute atomic E-state index is 0.331. The molecule has 0 radical (unpaired) electrons. The van der Waals surface area contributed by atoms with Gasteiger partial charge in [-0.15, -0.1) is 11.6 Å². The number of alkyl halides is 1. The summed E-state index contributed by atoms with van der Waals surface area (Å²) in [5.41, 5.74) is 0.683. The van der Waals surface area contributed by atoms with Crippen LogP contribution in [0, 0.1) is 17.7 Å². The summed E-state index contributed by atoms with van der Waals surface area (Å²) in [5, 5.41) is 0. The molecule has 0 saturated carbocycles. The molecule has 0 heterocycles. The second kappa shape index (κ2) is 9.66. The summed E-state index contributed by atoms with van der Waals surface area (Å²) in [6.07, 6.45) is 1.36. The minimum atomic E-state index is -0.331. The summed E-state index contributed by atoms with van der Waals surface area (Å²) in [6.45, 7) is 3.75. The smallest absolute Gasteiger partial charge is 0.137 e. The normalized spacial score (nSPS) is 9.84. The van der Waals surface area contributed by atoms with Gasteiger partial charge in [0.2, 0.25) is 0 Å². The maximum Gasteiger partial charge on any atom is 0.137 e. The van der Waals surface area contributed by atoms with E-state index in [-0.39, 0.29) is 5.82 Å². The maximum atomic E-state index is 13.2. The van der Waals surface area contributed by atoms with Crippen molar-refractivity contribution in [2.75, 3.05) is 25.7 Å². The first-order valence-corrected chi connectivity index (χ1v) is 6.86. The Kier molecular flexibility index (Phi) is 8.04. The quantitative estimate of drug-likeness (QED) is 0.433. The second-order valence-electron chi connectivity index (χ2n) is 3.78. The van der Waals surface area contributed by atoms with Gasteiger partial charge < -0.3 is 9.47 Å². The summed E-state index contributed by atoms with van der Waals surface area (Å²) in [7, 11) is 0. The largest absolute Gasteiger partial charge is 0.492 e. The van der Waals surface area contributed by atoms with Crippen LogP contribution in [0.25, 0.3) is 0 Å². The number of hydrogen-bond acceptors (Lipinski definition) is 2. The van der Waals surface area contributed by atoms with Gasteiger partial charge >= 0.3 is 0 Å². The van der Waals surface area contributed by atoms with E-state index in [1.54, 1.807) is 6.07 Å². The van der Waals surface area contributed by atoms with Gasteiger partial charge in [0.05, 0.1) is 12.2 Å². The molecule has 0 aliphatic heterocycles. The molecule has 0 aliphatic carbocycles. The lowest BCUT2D eigenvalue weighted by atomic mass is 10.2. The van der Waals surface area contributed by atoms with Crippen LogP contribution in [0.5, 0.6) is 5.75 Å². The average molecular weight is 285 g/mol. The predicted octanol–water partition coefficient (Wildman–Crippen LogP) is 3.61. The zero-order valence-corrected chi connectivity index (χ0v) is 11.8. The third-order valence-corrected chi connectivity index (χ3v) is 2.47. The molecule has 1 aromatic carbocycles. The van der Waals surface area contributed by atoms with Gasteiger partial charge in [-0.25, -0.2) is 4.39 Å². The van der Waals surface area contributed by atoms with Crippen molar-refractivity contribution in [2.24, 2.45) is 0 Å². The molecule has 0 spiro atoms. The molecule has 4 heteroatoms. The van der Waals surface area contributed by atoms with Gasteiger partial charge in [-0.2, -0.15) is 0 Å². The zero-order chi connectivity index (χ0) is 13.9. The molecular formula is C15H18ClFO2. The third-order valence-electron chi connectivity index (χ3n) is 2.28. The first-order chi connectivity index (χ1) is 9.27. The van der Waals surface area contributed by atoms with Crippen LogP contribution in [0.3, 0.4) is 0 Å². The Hall–Kier alpha value is -1.24. The molecule has 0 aromatic heterocycles. The highest BCUT2D eigenvalue weighted by Gasteiger charge is 2.03. The van der Waals surface area contributed by atoms with Crippen LogP contribution in [0.15, 0.2) is 18.2 Å². The van der Waals surface area contributed by atoms with Crippen LogP contribution >= 0.6 is 11.6 Å². The van der Waals surface area contributed by atoms with E-state index in [1.807, 2.05) is 6.92 Å². The van der Waals surface area contributed by atoms with Crippen molar-refractivity contribution in [3.8, 4) is 17.6 Å². The monoisotopic (exact) mass is 284 g/mol. The highest BCUT2D eigenvalue weighted by molar-refractivity contribution is 6.18. The molecule has 2 nitrogen and oxygen atoms in total. The number of benzene rings is 1. The molecule has 0 N–H and O–H groups in total. The van der Waals surface area contributed by atoms with E-state index in [1.165, 1.54) is 12.1 Å². The number of halogens is 2. The van der Waals surface area contributed by atoms with Crippen LogP contribution in [-0.4, -0.2) is 25.7 Å². The van der Waals surface area contributed by atoms with Crippen molar-refractivity contribution < 1.29 is 13.9 Å². The number of hydrogen-bond donors (Lipinski definition) is 0. The van der Waals surface area contributed by atoms with Gasteiger partial charge in [0.15, 0.2) is 0 Å². The molecule has 104 valence electrons. The van der Waals surface area contributed by atoms with E-state index in [0.29, 0.717) is 43.4 Å². The first-order valence-electron chi connectivity index (χ1n) is 6.33. The van der Waals surface area contributed by atoms with E-state index in [9.17, 15) is 4.39 Å². The van der Waals surface area contributed by atoms with Crippen LogP contribution in [0.4, 0.5) is 4.39 Å². The van der Waals surface area contributed by atoms with Crippen molar-refractivity contribution in [1.82, 2.24) is 0 Å². The Balaban J connectivity index is 2.59. The molecular weight excluding hydrogens is 267 g/mol. The molecule has 1 aromatic rings. The van der Waals surface area contributed by atoms with Crippen molar-refractivity contribution in [1.29, 1.82) is 0 Å². The third kappa shape index (κ3) is 6.47. The van der Waals surface area contributed by atoms with Gasteiger partial charge in [-0.05, 0) is 19.1 Å². The summed E-state index contributed by atoms with van der Waals surface area (Å²) in [4.78, 5) is 0. The Bertz CT molecular complexity index is 438. The summed E-state index contributed by atoms with van der Waals surface area (Å²) >= 11 is 5.56. The minimum Gasteiger partial charge on any atom is -0.492 e.